The highest BCUT2D eigenvalue weighted by molar-refractivity contribution is 5.93. The maximum Gasteiger partial charge on any atom is 0.233 e. The first-order valence-corrected chi connectivity index (χ1v) is 9.06. The van der Waals surface area contributed by atoms with Gasteiger partial charge in [0.1, 0.15) is 13.2 Å². The lowest BCUT2D eigenvalue weighted by Gasteiger charge is -2.32. The largest absolute Gasteiger partial charge is 0.486 e. The fourth-order valence-electron chi connectivity index (χ4n) is 3.36. The minimum Gasteiger partial charge on any atom is -0.486 e. The van der Waals surface area contributed by atoms with Crippen molar-refractivity contribution in [3.05, 3.63) is 30.3 Å². The molecule has 1 atom stereocenters. The van der Waals surface area contributed by atoms with Crippen LogP contribution in [0.4, 0.5) is 11.5 Å². The second kappa shape index (κ2) is 7.69. The molecule has 27 heavy (non-hydrogen) atoms. The third kappa shape index (κ3) is 3.89. The number of benzene rings is 1. The predicted octanol–water partition coefficient (Wildman–Crippen LogP) is 2.11. The molecule has 0 bridgehead atoms. The van der Waals surface area contributed by atoms with Crippen molar-refractivity contribution in [2.24, 2.45) is 5.92 Å². The SMILES string of the molecule is COc1ccc(N2CCC[C@@H](C(=O)Nc3ccc4c(c3)OCCO4)C2)nn1. The summed E-state index contributed by atoms with van der Waals surface area (Å²) in [6.07, 6.45) is 1.77. The number of ether oxygens (including phenoxy) is 3. The van der Waals surface area contributed by atoms with Gasteiger partial charge in [0.15, 0.2) is 17.3 Å². The van der Waals surface area contributed by atoms with Crippen molar-refractivity contribution in [3.8, 4) is 17.4 Å². The van der Waals surface area contributed by atoms with Crippen LogP contribution in [0, 0.1) is 5.92 Å². The monoisotopic (exact) mass is 370 g/mol. The number of nitrogens with zero attached hydrogens (tertiary/aromatic N) is 3. The van der Waals surface area contributed by atoms with Crippen LogP contribution in [0.3, 0.4) is 0 Å². The number of nitrogens with one attached hydrogen (secondary N) is 1. The quantitative estimate of drug-likeness (QED) is 0.882. The summed E-state index contributed by atoms with van der Waals surface area (Å²) in [5, 5.41) is 11.2. The molecule has 0 saturated carbocycles. The van der Waals surface area contributed by atoms with E-state index in [4.69, 9.17) is 14.2 Å². The highest BCUT2D eigenvalue weighted by atomic mass is 16.6. The van der Waals surface area contributed by atoms with Gasteiger partial charge in [0.2, 0.25) is 11.8 Å². The van der Waals surface area contributed by atoms with Crippen LogP contribution >= 0.6 is 0 Å². The Hall–Kier alpha value is -3.03. The van der Waals surface area contributed by atoms with Gasteiger partial charge < -0.3 is 24.4 Å². The van der Waals surface area contributed by atoms with Crippen molar-refractivity contribution in [1.82, 2.24) is 10.2 Å². The molecule has 1 aromatic heterocycles. The molecule has 2 aliphatic rings. The van der Waals surface area contributed by atoms with E-state index in [1.807, 2.05) is 24.3 Å². The Balaban J connectivity index is 1.41. The summed E-state index contributed by atoms with van der Waals surface area (Å²) < 4.78 is 16.1. The molecule has 2 aliphatic heterocycles. The Kier molecular flexibility index (Phi) is 4.95. The number of hydrogen-bond acceptors (Lipinski definition) is 7. The van der Waals surface area contributed by atoms with E-state index < -0.39 is 0 Å². The number of methoxy groups -OCH3 is 1. The van der Waals surface area contributed by atoms with Crippen LogP contribution in [0.2, 0.25) is 0 Å². The van der Waals surface area contributed by atoms with E-state index in [0.29, 0.717) is 42.8 Å². The molecule has 0 unspecified atom stereocenters. The molecule has 0 radical (unpaired) electrons. The Morgan fingerprint density at radius 3 is 2.81 bits per heavy atom. The molecule has 1 N–H and O–H groups in total. The van der Waals surface area contributed by atoms with Crippen LogP contribution in [0.25, 0.3) is 0 Å². The molecule has 8 nitrogen and oxygen atoms in total. The number of amides is 1. The number of rotatable bonds is 4. The molecule has 1 aromatic carbocycles. The lowest BCUT2D eigenvalue weighted by Crippen LogP contribution is -2.41. The van der Waals surface area contributed by atoms with Gasteiger partial charge in [-0.15, -0.1) is 10.2 Å². The van der Waals surface area contributed by atoms with Gasteiger partial charge in [-0.25, -0.2) is 0 Å². The van der Waals surface area contributed by atoms with Crippen molar-refractivity contribution in [1.29, 1.82) is 0 Å². The molecule has 1 amide bonds. The number of fused-ring (bicyclic) bond motifs is 1. The third-order valence-corrected chi connectivity index (χ3v) is 4.76. The van der Waals surface area contributed by atoms with E-state index in [0.717, 1.165) is 25.2 Å². The van der Waals surface area contributed by atoms with Gasteiger partial charge in [0, 0.05) is 30.9 Å². The number of carbonyl (C=O) groups excluding carboxylic acids is 1. The van der Waals surface area contributed by atoms with Gasteiger partial charge in [-0.3, -0.25) is 4.79 Å². The average molecular weight is 370 g/mol. The van der Waals surface area contributed by atoms with Gasteiger partial charge in [-0.1, -0.05) is 0 Å². The maximum absolute atomic E-state index is 12.7. The molecule has 4 rings (SSSR count). The van der Waals surface area contributed by atoms with Gasteiger partial charge in [0.25, 0.3) is 0 Å². The minimum absolute atomic E-state index is 0.00199. The second-order valence-corrected chi connectivity index (χ2v) is 6.57. The average Bonchev–Trinajstić information content (AvgIpc) is 2.74. The Bertz CT molecular complexity index is 812. The summed E-state index contributed by atoms with van der Waals surface area (Å²) in [5.74, 6) is 2.49. The summed E-state index contributed by atoms with van der Waals surface area (Å²) in [4.78, 5) is 14.8. The topological polar surface area (TPSA) is 85.8 Å². The molecule has 3 heterocycles. The summed E-state index contributed by atoms with van der Waals surface area (Å²) >= 11 is 0. The van der Waals surface area contributed by atoms with E-state index in [-0.39, 0.29) is 11.8 Å². The van der Waals surface area contributed by atoms with Gasteiger partial charge >= 0.3 is 0 Å². The second-order valence-electron chi connectivity index (χ2n) is 6.57. The summed E-state index contributed by atoms with van der Waals surface area (Å²) in [7, 11) is 1.56. The van der Waals surface area contributed by atoms with E-state index >= 15 is 0 Å². The summed E-state index contributed by atoms with van der Waals surface area (Å²) in [6, 6.07) is 9.11. The molecule has 0 aliphatic carbocycles. The number of aromatic nitrogens is 2. The minimum atomic E-state index is -0.115. The van der Waals surface area contributed by atoms with E-state index in [1.54, 1.807) is 13.2 Å². The van der Waals surface area contributed by atoms with Crippen LogP contribution in [0.1, 0.15) is 12.8 Å². The normalized spacial score (nSPS) is 18.7. The van der Waals surface area contributed by atoms with Crippen LogP contribution < -0.4 is 24.4 Å². The van der Waals surface area contributed by atoms with Crippen LogP contribution in [-0.4, -0.2) is 49.5 Å². The van der Waals surface area contributed by atoms with Gasteiger partial charge in [-0.05, 0) is 31.0 Å². The highest BCUT2D eigenvalue weighted by Crippen LogP contribution is 2.33. The van der Waals surface area contributed by atoms with E-state index in [1.165, 1.54) is 0 Å². The van der Waals surface area contributed by atoms with E-state index in [9.17, 15) is 4.79 Å². The van der Waals surface area contributed by atoms with Crippen molar-refractivity contribution in [2.75, 3.05) is 43.6 Å². The molecular formula is C19H22N4O4. The fourth-order valence-corrected chi connectivity index (χ4v) is 3.36. The first-order valence-electron chi connectivity index (χ1n) is 9.06. The van der Waals surface area contributed by atoms with E-state index in [2.05, 4.69) is 20.4 Å². The summed E-state index contributed by atoms with van der Waals surface area (Å²) in [6.45, 7) is 2.53. The van der Waals surface area contributed by atoms with Crippen molar-refractivity contribution in [3.63, 3.8) is 0 Å². The zero-order valence-electron chi connectivity index (χ0n) is 15.2. The summed E-state index contributed by atoms with van der Waals surface area (Å²) in [5.41, 5.74) is 0.714. The third-order valence-electron chi connectivity index (χ3n) is 4.76. The number of anilines is 2. The molecule has 1 fully saturated rings. The molecule has 0 spiro atoms. The Labute approximate surface area is 157 Å². The first-order chi connectivity index (χ1) is 13.2. The van der Waals surface area contributed by atoms with Crippen molar-refractivity contribution in [2.45, 2.75) is 12.8 Å². The zero-order valence-corrected chi connectivity index (χ0v) is 15.2. The Morgan fingerprint density at radius 2 is 2.04 bits per heavy atom. The van der Waals surface area contributed by atoms with Crippen molar-refractivity contribution >= 4 is 17.4 Å². The smallest absolute Gasteiger partial charge is 0.233 e. The fraction of sp³-hybridized carbons (Fsp3) is 0.421. The zero-order chi connectivity index (χ0) is 18.6. The number of hydrogen-bond donors (Lipinski definition) is 1. The molecule has 2 aromatic rings. The standard InChI is InChI=1S/C19H22N4O4/c1-25-18-7-6-17(21-22-18)23-8-2-3-13(12-23)19(24)20-14-4-5-15-16(11-14)27-10-9-26-15/h4-7,11,13H,2-3,8-10,12H2,1H3,(H,20,24)/t13-/m1/s1. The molecule has 1 saturated heterocycles. The predicted molar refractivity (Wildman–Crippen MR) is 99.6 cm³/mol. The lowest BCUT2D eigenvalue weighted by molar-refractivity contribution is -0.120. The van der Waals surface area contributed by atoms with Crippen LogP contribution in [0.15, 0.2) is 30.3 Å². The maximum atomic E-state index is 12.7. The van der Waals surface area contributed by atoms with Gasteiger partial charge in [0.05, 0.1) is 13.0 Å². The van der Waals surface area contributed by atoms with Crippen LogP contribution in [0.5, 0.6) is 17.4 Å². The van der Waals surface area contributed by atoms with Crippen LogP contribution in [-0.2, 0) is 4.79 Å². The Morgan fingerprint density at radius 1 is 1.19 bits per heavy atom. The molecule has 142 valence electrons. The highest BCUT2D eigenvalue weighted by Gasteiger charge is 2.27. The molecule has 8 heteroatoms. The van der Waals surface area contributed by atoms with Gasteiger partial charge in [-0.2, -0.15) is 0 Å². The number of carbonyl (C=O) groups is 1. The number of piperidine rings is 1. The lowest BCUT2D eigenvalue weighted by atomic mass is 9.97. The van der Waals surface area contributed by atoms with Crippen molar-refractivity contribution < 1.29 is 19.0 Å². The first kappa shape index (κ1) is 17.4. The molecular weight excluding hydrogens is 348 g/mol.